The number of halogens is 1. The smallest absolute Gasteiger partial charge is 0.246 e. The fraction of sp³-hybridized carbons (Fsp3) is 0.222. The highest BCUT2D eigenvalue weighted by Gasteiger charge is 2.26. The van der Waals surface area contributed by atoms with Gasteiger partial charge in [-0.25, -0.2) is 4.98 Å². The number of likely N-dealkylation sites (tertiary alicyclic amines) is 1. The van der Waals surface area contributed by atoms with Crippen LogP contribution in [-0.2, 0) is 4.79 Å². The van der Waals surface area contributed by atoms with Gasteiger partial charge in [-0.3, -0.25) is 4.79 Å². The molecule has 2 heterocycles. The molecule has 0 N–H and O–H groups in total. The van der Waals surface area contributed by atoms with Gasteiger partial charge in [-0.05, 0) is 23.8 Å². The van der Waals surface area contributed by atoms with Gasteiger partial charge in [0.05, 0.1) is 6.54 Å². The molecule has 3 rings (SSSR count). The molecule has 0 bridgehead atoms. The van der Waals surface area contributed by atoms with Gasteiger partial charge in [0.2, 0.25) is 11.8 Å². The minimum absolute atomic E-state index is 0.0115. The van der Waals surface area contributed by atoms with E-state index >= 15 is 0 Å². The Hall–Kier alpha value is -2.33. The topological polar surface area (TPSA) is 42.4 Å². The van der Waals surface area contributed by atoms with Gasteiger partial charge < -0.3 is 9.64 Å². The molecule has 2 aromatic rings. The predicted molar refractivity (Wildman–Crippen MR) is 90.3 cm³/mol. The maximum absolute atomic E-state index is 12.3. The second-order valence-corrected chi connectivity index (χ2v) is 5.74. The molecule has 0 aliphatic carbocycles. The Labute approximate surface area is 140 Å². The SMILES string of the molecule is O=C(/C=C/c1ccccc1Cl)N1CCC(Oc2ccccn2)C1. The summed E-state index contributed by atoms with van der Waals surface area (Å²) in [6, 6.07) is 13.0. The first-order valence-corrected chi connectivity index (χ1v) is 7.89. The van der Waals surface area contributed by atoms with Crippen LogP contribution < -0.4 is 4.74 Å². The number of aromatic nitrogens is 1. The highest BCUT2D eigenvalue weighted by Crippen LogP contribution is 2.18. The van der Waals surface area contributed by atoms with Crippen molar-refractivity contribution in [3.8, 4) is 5.88 Å². The van der Waals surface area contributed by atoms with Crippen molar-refractivity contribution in [1.29, 1.82) is 0 Å². The lowest BCUT2D eigenvalue weighted by Crippen LogP contribution is -2.29. The summed E-state index contributed by atoms with van der Waals surface area (Å²) in [4.78, 5) is 18.2. The van der Waals surface area contributed by atoms with Crippen LogP contribution in [0.2, 0.25) is 5.02 Å². The van der Waals surface area contributed by atoms with Crippen molar-refractivity contribution in [3.63, 3.8) is 0 Å². The molecule has 5 heteroatoms. The Morgan fingerprint density at radius 2 is 2.09 bits per heavy atom. The van der Waals surface area contributed by atoms with Crippen molar-refractivity contribution in [1.82, 2.24) is 9.88 Å². The normalized spacial score (nSPS) is 17.6. The molecule has 0 radical (unpaired) electrons. The molecule has 1 aromatic heterocycles. The van der Waals surface area contributed by atoms with Crippen LogP contribution in [0.3, 0.4) is 0 Å². The zero-order chi connectivity index (χ0) is 16.1. The zero-order valence-corrected chi connectivity index (χ0v) is 13.3. The molecule has 1 aliphatic rings. The van der Waals surface area contributed by atoms with E-state index in [9.17, 15) is 4.79 Å². The average Bonchev–Trinajstić information content (AvgIpc) is 3.03. The van der Waals surface area contributed by atoms with E-state index < -0.39 is 0 Å². The summed E-state index contributed by atoms with van der Waals surface area (Å²) in [5.74, 6) is 0.565. The van der Waals surface area contributed by atoms with E-state index in [0.29, 0.717) is 24.0 Å². The number of pyridine rings is 1. The van der Waals surface area contributed by atoms with Crippen molar-refractivity contribution < 1.29 is 9.53 Å². The fourth-order valence-electron chi connectivity index (χ4n) is 2.49. The van der Waals surface area contributed by atoms with Gasteiger partial charge in [0, 0.05) is 36.3 Å². The first kappa shape index (κ1) is 15.6. The van der Waals surface area contributed by atoms with Crippen LogP contribution in [0, 0.1) is 0 Å². The van der Waals surface area contributed by atoms with E-state index in [4.69, 9.17) is 16.3 Å². The zero-order valence-electron chi connectivity index (χ0n) is 12.6. The van der Waals surface area contributed by atoms with Crippen LogP contribution in [0.1, 0.15) is 12.0 Å². The first-order chi connectivity index (χ1) is 11.2. The lowest BCUT2D eigenvalue weighted by Gasteiger charge is -2.15. The lowest BCUT2D eigenvalue weighted by atomic mass is 10.2. The van der Waals surface area contributed by atoms with E-state index in [1.165, 1.54) is 0 Å². The fourth-order valence-corrected chi connectivity index (χ4v) is 2.69. The van der Waals surface area contributed by atoms with Crippen molar-refractivity contribution in [3.05, 3.63) is 65.3 Å². The summed E-state index contributed by atoms with van der Waals surface area (Å²) in [6.45, 7) is 1.26. The van der Waals surface area contributed by atoms with Crippen molar-refractivity contribution in [2.45, 2.75) is 12.5 Å². The molecule has 1 amide bonds. The third-order valence-corrected chi connectivity index (χ3v) is 4.04. The molecule has 23 heavy (non-hydrogen) atoms. The molecule has 1 saturated heterocycles. The Morgan fingerprint density at radius 1 is 1.26 bits per heavy atom. The number of hydrogen-bond donors (Lipinski definition) is 0. The first-order valence-electron chi connectivity index (χ1n) is 7.51. The van der Waals surface area contributed by atoms with Gasteiger partial charge in [-0.1, -0.05) is 35.9 Å². The third-order valence-electron chi connectivity index (χ3n) is 3.69. The van der Waals surface area contributed by atoms with E-state index in [-0.39, 0.29) is 12.0 Å². The van der Waals surface area contributed by atoms with Gasteiger partial charge in [0.25, 0.3) is 0 Å². The van der Waals surface area contributed by atoms with Crippen LogP contribution in [0.5, 0.6) is 5.88 Å². The van der Waals surface area contributed by atoms with Crippen LogP contribution in [0.25, 0.3) is 6.08 Å². The minimum atomic E-state index is -0.0305. The average molecular weight is 329 g/mol. The number of carbonyl (C=O) groups excluding carboxylic acids is 1. The van der Waals surface area contributed by atoms with Crippen LogP contribution in [0.4, 0.5) is 0 Å². The van der Waals surface area contributed by atoms with E-state index in [0.717, 1.165) is 12.0 Å². The molecule has 1 unspecified atom stereocenters. The van der Waals surface area contributed by atoms with Gasteiger partial charge in [-0.15, -0.1) is 0 Å². The lowest BCUT2D eigenvalue weighted by molar-refractivity contribution is -0.125. The Kier molecular flexibility index (Phi) is 4.93. The monoisotopic (exact) mass is 328 g/mol. The molecule has 4 nitrogen and oxygen atoms in total. The highest BCUT2D eigenvalue weighted by atomic mass is 35.5. The quantitative estimate of drug-likeness (QED) is 0.808. The summed E-state index contributed by atoms with van der Waals surface area (Å²) in [7, 11) is 0. The standard InChI is InChI=1S/C18H17ClN2O2/c19-16-6-2-1-5-14(16)8-9-18(22)21-12-10-15(13-21)23-17-7-3-4-11-20-17/h1-9,11,15H,10,12-13H2/b9-8+. The Balaban J connectivity index is 1.56. The predicted octanol–water partition coefficient (Wildman–Crippen LogP) is 3.43. The van der Waals surface area contributed by atoms with E-state index in [2.05, 4.69) is 4.98 Å². The number of benzene rings is 1. The number of amides is 1. The van der Waals surface area contributed by atoms with Crippen molar-refractivity contribution in [2.24, 2.45) is 0 Å². The molecule has 1 aromatic carbocycles. The van der Waals surface area contributed by atoms with Crippen LogP contribution in [0.15, 0.2) is 54.7 Å². The van der Waals surface area contributed by atoms with Gasteiger partial charge in [0.1, 0.15) is 6.10 Å². The molecule has 1 atom stereocenters. The van der Waals surface area contributed by atoms with E-state index in [1.54, 1.807) is 29.3 Å². The Morgan fingerprint density at radius 3 is 2.87 bits per heavy atom. The number of ether oxygens (including phenoxy) is 1. The number of rotatable bonds is 4. The second-order valence-electron chi connectivity index (χ2n) is 5.34. The summed E-state index contributed by atoms with van der Waals surface area (Å²) >= 11 is 6.08. The maximum atomic E-state index is 12.3. The largest absolute Gasteiger partial charge is 0.472 e. The molecule has 118 valence electrons. The van der Waals surface area contributed by atoms with Gasteiger partial charge in [0.15, 0.2) is 0 Å². The third kappa shape index (κ3) is 4.11. The minimum Gasteiger partial charge on any atom is -0.472 e. The molecular weight excluding hydrogens is 312 g/mol. The number of hydrogen-bond acceptors (Lipinski definition) is 3. The second kappa shape index (κ2) is 7.29. The number of nitrogens with zero attached hydrogens (tertiary/aromatic N) is 2. The molecule has 1 fully saturated rings. The van der Waals surface area contributed by atoms with Crippen molar-refractivity contribution in [2.75, 3.05) is 13.1 Å². The maximum Gasteiger partial charge on any atom is 0.246 e. The Bertz CT molecular complexity index is 703. The highest BCUT2D eigenvalue weighted by molar-refractivity contribution is 6.32. The van der Waals surface area contributed by atoms with Crippen molar-refractivity contribution >= 4 is 23.6 Å². The number of carbonyl (C=O) groups is 1. The summed E-state index contributed by atoms with van der Waals surface area (Å²) in [6.07, 6.45) is 5.80. The molecule has 0 saturated carbocycles. The summed E-state index contributed by atoms with van der Waals surface area (Å²) in [5, 5.41) is 0.634. The summed E-state index contributed by atoms with van der Waals surface area (Å²) < 4.78 is 5.79. The van der Waals surface area contributed by atoms with Crippen LogP contribution in [-0.4, -0.2) is 35.0 Å². The molecule has 1 aliphatic heterocycles. The molecule has 0 spiro atoms. The van der Waals surface area contributed by atoms with E-state index in [1.807, 2.05) is 36.4 Å². The van der Waals surface area contributed by atoms with Gasteiger partial charge in [-0.2, -0.15) is 0 Å². The van der Waals surface area contributed by atoms with Gasteiger partial charge >= 0.3 is 0 Å². The van der Waals surface area contributed by atoms with Crippen LogP contribution >= 0.6 is 11.6 Å². The summed E-state index contributed by atoms with van der Waals surface area (Å²) in [5.41, 5.74) is 0.836. The molecular formula is C18H17ClN2O2.